The molecule has 0 radical (unpaired) electrons. The Morgan fingerprint density at radius 2 is 2.10 bits per heavy atom. The van der Waals surface area contributed by atoms with Gasteiger partial charge >= 0.3 is 0 Å². The fourth-order valence-corrected chi connectivity index (χ4v) is 2.74. The highest BCUT2D eigenvalue weighted by atomic mass is 79.9. The quantitative estimate of drug-likeness (QED) is 0.873. The van der Waals surface area contributed by atoms with Gasteiger partial charge in [0.25, 0.3) is 0 Å². The van der Waals surface area contributed by atoms with Crippen molar-refractivity contribution < 1.29 is 0 Å². The van der Waals surface area contributed by atoms with Gasteiger partial charge in [0.2, 0.25) is 0 Å². The Morgan fingerprint density at radius 1 is 1.35 bits per heavy atom. The fraction of sp³-hybridized carbons (Fsp3) is 0.438. The van der Waals surface area contributed by atoms with Gasteiger partial charge in [-0.2, -0.15) is 0 Å². The smallest absolute Gasteiger partial charge is 0.0951 e. The lowest BCUT2D eigenvalue weighted by atomic mass is 10.1. The van der Waals surface area contributed by atoms with E-state index in [1.807, 2.05) is 12.5 Å². The van der Waals surface area contributed by atoms with Crippen LogP contribution in [0.2, 0.25) is 0 Å². The Hall–Kier alpha value is -1.13. The molecule has 0 aliphatic heterocycles. The largest absolute Gasteiger partial charge is 0.330 e. The Kier molecular flexibility index (Phi) is 4.22. The minimum atomic E-state index is 0.457. The molecule has 1 aliphatic rings. The average molecular weight is 334 g/mol. The maximum atomic E-state index is 4.27. The average Bonchev–Trinajstić information content (AvgIpc) is 3.18. The van der Waals surface area contributed by atoms with Crippen molar-refractivity contribution in [3.05, 3.63) is 52.5 Å². The normalized spacial score (nSPS) is 16.3. The minimum absolute atomic E-state index is 0.457. The van der Waals surface area contributed by atoms with Gasteiger partial charge in [0.05, 0.1) is 12.0 Å². The molecular weight excluding hydrogens is 314 g/mol. The van der Waals surface area contributed by atoms with Gasteiger partial charge in [-0.3, -0.25) is 0 Å². The molecule has 1 atom stereocenters. The molecule has 1 saturated carbocycles. The maximum Gasteiger partial charge on any atom is 0.0951 e. The van der Waals surface area contributed by atoms with Gasteiger partial charge in [-0.25, -0.2) is 4.98 Å². The van der Waals surface area contributed by atoms with Crippen molar-refractivity contribution in [2.45, 2.75) is 44.8 Å². The standard InChI is InChI=1S/C16H20BrN3/c1-12(8-13-2-4-14(17)5-3-13)19-10-16-9-18-11-20(16)15-6-7-15/h2-5,9,11-12,15,19H,6-8,10H2,1H3. The molecule has 106 valence electrons. The number of halogens is 1. The lowest BCUT2D eigenvalue weighted by Crippen LogP contribution is -2.28. The first kappa shape index (κ1) is 13.8. The van der Waals surface area contributed by atoms with Crippen molar-refractivity contribution in [1.82, 2.24) is 14.9 Å². The van der Waals surface area contributed by atoms with E-state index in [2.05, 4.69) is 62.0 Å². The molecule has 0 spiro atoms. The van der Waals surface area contributed by atoms with Crippen molar-refractivity contribution in [2.24, 2.45) is 0 Å². The summed E-state index contributed by atoms with van der Waals surface area (Å²) in [5.41, 5.74) is 2.67. The van der Waals surface area contributed by atoms with Crippen LogP contribution in [0.3, 0.4) is 0 Å². The SMILES string of the molecule is CC(Cc1ccc(Br)cc1)NCc1cncn1C1CC1. The van der Waals surface area contributed by atoms with Crippen molar-refractivity contribution in [3.8, 4) is 0 Å². The predicted molar refractivity (Wildman–Crippen MR) is 84.6 cm³/mol. The van der Waals surface area contributed by atoms with Crippen LogP contribution in [-0.2, 0) is 13.0 Å². The highest BCUT2D eigenvalue weighted by Crippen LogP contribution is 2.35. The molecule has 3 nitrogen and oxygen atoms in total. The van der Waals surface area contributed by atoms with E-state index in [9.17, 15) is 0 Å². The summed E-state index contributed by atoms with van der Waals surface area (Å²) in [6.45, 7) is 3.13. The summed E-state index contributed by atoms with van der Waals surface area (Å²) >= 11 is 3.47. The zero-order valence-electron chi connectivity index (χ0n) is 11.7. The van der Waals surface area contributed by atoms with E-state index in [1.165, 1.54) is 24.1 Å². The third kappa shape index (κ3) is 3.49. The Morgan fingerprint density at radius 3 is 2.80 bits per heavy atom. The van der Waals surface area contributed by atoms with E-state index in [1.54, 1.807) is 0 Å². The van der Waals surface area contributed by atoms with Gasteiger partial charge in [0.1, 0.15) is 0 Å². The van der Waals surface area contributed by atoms with Crippen LogP contribution in [-0.4, -0.2) is 15.6 Å². The molecule has 1 unspecified atom stereocenters. The van der Waals surface area contributed by atoms with Crippen molar-refractivity contribution in [2.75, 3.05) is 0 Å². The van der Waals surface area contributed by atoms with Crippen LogP contribution in [0.15, 0.2) is 41.3 Å². The lowest BCUT2D eigenvalue weighted by Gasteiger charge is -2.15. The summed E-state index contributed by atoms with van der Waals surface area (Å²) in [6.07, 6.45) is 7.60. The van der Waals surface area contributed by atoms with Crippen LogP contribution in [0.25, 0.3) is 0 Å². The Bertz CT molecular complexity index is 557. The fourth-order valence-electron chi connectivity index (χ4n) is 2.48. The van der Waals surface area contributed by atoms with Crippen LogP contribution >= 0.6 is 15.9 Å². The monoisotopic (exact) mass is 333 g/mol. The van der Waals surface area contributed by atoms with Crippen LogP contribution in [0.4, 0.5) is 0 Å². The van der Waals surface area contributed by atoms with Gasteiger partial charge in [-0.05, 0) is 43.9 Å². The molecule has 3 rings (SSSR count). The van der Waals surface area contributed by atoms with E-state index in [0.29, 0.717) is 12.1 Å². The zero-order valence-corrected chi connectivity index (χ0v) is 13.3. The van der Waals surface area contributed by atoms with Crippen LogP contribution in [0, 0.1) is 0 Å². The molecule has 1 N–H and O–H groups in total. The minimum Gasteiger partial charge on any atom is -0.330 e. The highest BCUT2D eigenvalue weighted by molar-refractivity contribution is 9.10. The molecule has 2 aromatic rings. The van der Waals surface area contributed by atoms with E-state index < -0.39 is 0 Å². The van der Waals surface area contributed by atoms with Crippen molar-refractivity contribution in [1.29, 1.82) is 0 Å². The number of imidazole rings is 1. The summed E-state index contributed by atoms with van der Waals surface area (Å²) in [7, 11) is 0. The van der Waals surface area contributed by atoms with Crippen molar-refractivity contribution in [3.63, 3.8) is 0 Å². The molecule has 1 aromatic heterocycles. The van der Waals surface area contributed by atoms with Gasteiger partial charge in [0, 0.05) is 29.3 Å². The van der Waals surface area contributed by atoms with Crippen LogP contribution < -0.4 is 5.32 Å². The summed E-state index contributed by atoms with van der Waals surface area (Å²) in [6, 6.07) is 9.72. The molecule has 0 saturated heterocycles. The number of nitrogens with one attached hydrogen (secondary N) is 1. The molecule has 4 heteroatoms. The zero-order chi connectivity index (χ0) is 13.9. The van der Waals surface area contributed by atoms with E-state index >= 15 is 0 Å². The van der Waals surface area contributed by atoms with Gasteiger partial charge < -0.3 is 9.88 Å². The first-order valence-electron chi connectivity index (χ1n) is 7.21. The molecule has 1 fully saturated rings. The first-order chi connectivity index (χ1) is 9.72. The molecule has 1 aromatic carbocycles. The molecule has 1 heterocycles. The Balaban J connectivity index is 1.52. The maximum absolute atomic E-state index is 4.27. The number of hydrogen-bond donors (Lipinski definition) is 1. The summed E-state index contributed by atoms with van der Waals surface area (Å²) in [4.78, 5) is 4.27. The molecule has 1 aliphatic carbocycles. The molecular formula is C16H20BrN3. The number of aromatic nitrogens is 2. The van der Waals surface area contributed by atoms with Gasteiger partial charge in [-0.1, -0.05) is 28.1 Å². The van der Waals surface area contributed by atoms with Crippen LogP contribution in [0.5, 0.6) is 0 Å². The third-order valence-corrected chi connectivity index (χ3v) is 4.30. The van der Waals surface area contributed by atoms with E-state index in [0.717, 1.165) is 17.4 Å². The van der Waals surface area contributed by atoms with E-state index in [-0.39, 0.29) is 0 Å². The van der Waals surface area contributed by atoms with Crippen LogP contribution in [0.1, 0.15) is 37.1 Å². The highest BCUT2D eigenvalue weighted by Gasteiger charge is 2.25. The van der Waals surface area contributed by atoms with E-state index in [4.69, 9.17) is 0 Å². The number of benzene rings is 1. The number of hydrogen-bond acceptors (Lipinski definition) is 2. The lowest BCUT2D eigenvalue weighted by molar-refractivity contribution is 0.525. The molecule has 20 heavy (non-hydrogen) atoms. The topological polar surface area (TPSA) is 29.9 Å². The summed E-state index contributed by atoms with van der Waals surface area (Å²) < 4.78 is 3.45. The number of nitrogens with zero attached hydrogens (tertiary/aromatic N) is 2. The summed E-state index contributed by atoms with van der Waals surface area (Å²) in [5, 5.41) is 3.60. The second-order valence-electron chi connectivity index (χ2n) is 5.64. The third-order valence-electron chi connectivity index (χ3n) is 3.77. The number of rotatable bonds is 6. The molecule has 0 bridgehead atoms. The Labute approximate surface area is 128 Å². The summed E-state index contributed by atoms with van der Waals surface area (Å²) in [5.74, 6) is 0. The predicted octanol–water partition coefficient (Wildman–Crippen LogP) is 3.70. The van der Waals surface area contributed by atoms with Gasteiger partial charge in [0.15, 0.2) is 0 Å². The molecule has 0 amide bonds. The second-order valence-corrected chi connectivity index (χ2v) is 6.55. The van der Waals surface area contributed by atoms with Crippen molar-refractivity contribution >= 4 is 15.9 Å². The second kappa shape index (κ2) is 6.10. The first-order valence-corrected chi connectivity index (χ1v) is 8.00. The van der Waals surface area contributed by atoms with Gasteiger partial charge in [-0.15, -0.1) is 0 Å².